The number of ether oxygens (including phenoxy) is 4. The third-order valence-corrected chi connectivity index (χ3v) is 4.34. The van der Waals surface area contributed by atoms with Crippen LogP contribution in [-0.2, 0) is 14.3 Å². The number of methoxy groups -OCH3 is 2. The van der Waals surface area contributed by atoms with Gasteiger partial charge in [0.2, 0.25) is 0 Å². The van der Waals surface area contributed by atoms with Crippen LogP contribution in [0, 0.1) is 5.92 Å². The van der Waals surface area contributed by atoms with Gasteiger partial charge in [-0.3, -0.25) is 4.79 Å². The Morgan fingerprint density at radius 1 is 0.968 bits per heavy atom. The quantitative estimate of drug-likeness (QED) is 0.565. The van der Waals surface area contributed by atoms with Gasteiger partial charge >= 0.3 is 11.9 Å². The summed E-state index contributed by atoms with van der Waals surface area (Å²) >= 11 is 0. The highest BCUT2D eigenvalue weighted by molar-refractivity contribution is 6.03. The van der Waals surface area contributed by atoms with Crippen LogP contribution in [0.5, 0.6) is 11.5 Å². The first-order valence-corrected chi connectivity index (χ1v) is 9.70. The molecule has 0 aromatic heterocycles. The molecule has 0 bridgehead atoms. The molecule has 0 spiro atoms. The van der Waals surface area contributed by atoms with Crippen molar-refractivity contribution in [3.05, 3.63) is 53.6 Å². The van der Waals surface area contributed by atoms with Gasteiger partial charge in [0.1, 0.15) is 0 Å². The first kappa shape index (κ1) is 23.7. The van der Waals surface area contributed by atoms with E-state index in [2.05, 4.69) is 0 Å². The Morgan fingerprint density at radius 2 is 1.68 bits per heavy atom. The van der Waals surface area contributed by atoms with Gasteiger partial charge in [-0.2, -0.15) is 0 Å². The molecule has 0 saturated carbocycles. The summed E-state index contributed by atoms with van der Waals surface area (Å²) in [6, 6.07) is 11.2. The van der Waals surface area contributed by atoms with E-state index in [0.29, 0.717) is 29.7 Å². The van der Waals surface area contributed by atoms with Crippen LogP contribution in [0.25, 0.3) is 0 Å². The SMILES string of the molecule is COC(=O)c1ccccc1N(C)C(=O)COC(=O)c1ccc(OCC(C)C)c(OC)c1. The molecule has 1 amide bonds. The molecule has 0 aliphatic carbocycles. The normalized spacial score (nSPS) is 10.4. The molecule has 0 aliphatic rings. The number of benzene rings is 2. The number of amides is 1. The van der Waals surface area contributed by atoms with Gasteiger partial charge < -0.3 is 23.8 Å². The third-order valence-electron chi connectivity index (χ3n) is 4.34. The van der Waals surface area contributed by atoms with Gasteiger partial charge in [-0.25, -0.2) is 9.59 Å². The van der Waals surface area contributed by atoms with Crippen molar-refractivity contribution >= 4 is 23.5 Å². The van der Waals surface area contributed by atoms with Crippen molar-refractivity contribution in [2.24, 2.45) is 5.92 Å². The molecule has 0 atom stereocenters. The Bertz CT molecular complexity index is 939. The van der Waals surface area contributed by atoms with E-state index < -0.39 is 24.5 Å². The second kappa shape index (κ2) is 11.0. The fourth-order valence-corrected chi connectivity index (χ4v) is 2.66. The molecule has 0 unspecified atom stereocenters. The molecule has 0 saturated heterocycles. The molecule has 0 fully saturated rings. The van der Waals surface area contributed by atoms with Gasteiger partial charge in [-0.05, 0) is 36.2 Å². The van der Waals surface area contributed by atoms with E-state index >= 15 is 0 Å². The number of nitrogens with zero attached hydrogens (tertiary/aromatic N) is 1. The first-order valence-electron chi connectivity index (χ1n) is 9.70. The zero-order valence-corrected chi connectivity index (χ0v) is 18.3. The maximum absolute atomic E-state index is 12.5. The summed E-state index contributed by atoms with van der Waals surface area (Å²) in [5.74, 6) is -0.514. The number of rotatable bonds is 9. The maximum atomic E-state index is 12.5. The molecule has 0 aliphatic heterocycles. The molecule has 31 heavy (non-hydrogen) atoms. The smallest absolute Gasteiger partial charge is 0.339 e. The number of esters is 2. The van der Waals surface area contributed by atoms with E-state index in [1.54, 1.807) is 36.4 Å². The van der Waals surface area contributed by atoms with Crippen LogP contribution in [0.3, 0.4) is 0 Å². The number of hydrogen-bond donors (Lipinski definition) is 0. The highest BCUT2D eigenvalue weighted by atomic mass is 16.5. The predicted octanol–water partition coefficient (Wildman–Crippen LogP) is 3.34. The molecule has 2 aromatic rings. The van der Waals surface area contributed by atoms with Crippen molar-refractivity contribution < 1.29 is 33.3 Å². The summed E-state index contributed by atoms with van der Waals surface area (Å²) in [6.07, 6.45) is 0. The second-order valence-electron chi connectivity index (χ2n) is 7.11. The fourth-order valence-electron chi connectivity index (χ4n) is 2.66. The van der Waals surface area contributed by atoms with Gasteiger partial charge in [0.05, 0.1) is 37.6 Å². The minimum absolute atomic E-state index is 0.221. The van der Waals surface area contributed by atoms with Crippen molar-refractivity contribution in [1.29, 1.82) is 0 Å². The number of anilines is 1. The number of hydrogen-bond acceptors (Lipinski definition) is 7. The van der Waals surface area contributed by atoms with Crippen molar-refractivity contribution in [3.8, 4) is 11.5 Å². The van der Waals surface area contributed by atoms with Crippen molar-refractivity contribution in [2.75, 3.05) is 39.4 Å². The van der Waals surface area contributed by atoms with E-state index in [4.69, 9.17) is 18.9 Å². The van der Waals surface area contributed by atoms with Crippen LogP contribution in [-0.4, -0.2) is 52.3 Å². The topological polar surface area (TPSA) is 91.4 Å². The van der Waals surface area contributed by atoms with Gasteiger partial charge in [-0.1, -0.05) is 26.0 Å². The molecule has 2 rings (SSSR count). The first-order chi connectivity index (χ1) is 14.8. The highest BCUT2D eigenvalue weighted by Gasteiger charge is 2.21. The summed E-state index contributed by atoms with van der Waals surface area (Å²) < 4.78 is 20.8. The summed E-state index contributed by atoms with van der Waals surface area (Å²) in [4.78, 5) is 38.1. The fraction of sp³-hybridized carbons (Fsp3) is 0.348. The molecule has 8 heteroatoms. The molecule has 0 heterocycles. The lowest BCUT2D eigenvalue weighted by Crippen LogP contribution is -2.32. The standard InChI is InChI=1S/C23H27NO7/c1-15(2)13-30-19-11-10-16(12-20(19)28-4)22(26)31-14-21(25)24(3)18-9-7-6-8-17(18)23(27)29-5/h6-12,15H,13-14H2,1-5H3. The van der Waals surface area contributed by atoms with E-state index in [-0.39, 0.29) is 11.1 Å². The molecule has 166 valence electrons. The Hall–Kier alpha value is -3.55. The number of carbonyl (C=O) groups excluding carboxylic acids is 3. The van der Waals surface area contributed by atoms with Crippen LogP contribution < -0.4 is 14.4 Å². The summed E-state index contributed by atoms with van der Waals surface area (Å²) in [5, 5.41) is 0. The zero-order valence-electron chi connectivity index (χ0n) is 18.3. The molecular weight excluding hydrogens is 402 g/mol. The highest BCUT2D eigenvalue weighted by Crippen LogP contribution is 2.29. The Kier molecular flexibility index (Phi) is 8.43. The van der Waals surface area contributed by atoms with Crippen LogP contribution >= 0.6 is 0 Å². The maximum Gasteiger partial charge on any atom is 0.339 e. The van der Waals surface area contributed by atoms with Crippen LogP contribution in [0.1, 0.15) is 34.6 Å². The Morgan fingerprint density at radius 3 is 2.32 bits per heavy atom. The summed E-state index contributed by atoms with van der Waals surface area (Å²) in [6.45, 7) is 4.05. The van der Waals surface area contributed by atoms with Gasteiger partial charge in [0.15, 0.2) is 18.1 Å². The monoisotopic (exact) mass is 429 g/mol. The molecule has 0 radical (unpaired) electrons. The van der Waals surface area contributed by atoms with Crippen LogP contribution in [0.15, 0.2) is 42.5 Å². The molecule has 8 nitrogen and oxygen atoms in total. The van der Waals surface area contributed by atoms with Crippen molar-refractivity contribution in [1.82, 2.24) is 0 Å². The van der Waals surface area contributed by atoms with Gasteiger partial charge in [0, 0.05) is 7.05 Å². The number of para-hydroxylation sites is 1. The molecule has 2 aromatic carbocycles. The predicted molar refractivity (Wildman–Crippen MR) is 115 cm³/mol. The van der Waals surface area contributed by atoms with E-state index in [1.807, 2.05) is 13.8 Å². The van der Waals surface area contributed by atoms with E-state index in [9.17, 15) is 14.4 Å². The molecule has 0 N–H and O–H groups in total. The summed E-state index contributed by atoms with van der Waals surface area (Å²) in [5.41, 5.74) is 0.803. The van der Waals surface area contributed by atoms with E-state index in [1.165, 1.54) is 32.2 Å². The third kappa shape index (κ3) is 6.21. The lowest BCUT2D eigenvalue weighted by Gasteiger charge is -2.19. The Balaban J connectivity index is 2.05. The minimum Gasteiger partial charge on any atom is -0.493 e. The largest absolute Gasteiger partial charge is 0.493 e. The average molecular weight is 429 g/mol. The average Bonchev–Trinajstić information content (AvgIpc) is 2.79. The lowest BCUT2D eigenvalue weighted by molar-refractivity contribution is -0.121. The molecular formula is C23H27NO7. The van der Waals surface area contributed by atoms with Gasteiger partial charge in [0.25, 0.3) is 5.91 Å². The minimum atomic E-state index is -0.684. The van der Waals surface area contributed by atoms with Crippen molar-refractivity contribution in [2.45, 2.75) is 13.8 Å². The van der Waals surface area contributed by atoms with E-state index in [0.717, 1.165) is 0 Å². The summed E-state index contributed by atoms with van der Waals surface area (Å²) in [7, 11) is 4.22. The second-order valence-corrected chi connectivity index (χ2v) is 7.11. The van der Waals surface area contributed by atoms with Crippen LogP contribution in [0.2, 0.25) is 0 Å². The number of likely N-dealkylation sites (N-methyl/N-ethyl adjacent to an activating group) is 1. The number of carbonyl (C=O) groups is 3. The lowest BCUT2D eigenvalue weighted by atomic mass is 10.1. The Labute approximate surface area is 181 Å². The zero-order chi connectivity index (χ0) is 23.0. The van der Waals surface area contributed by atoms with Gasteiger partial charge in [-0.15, -0.1) is 0 Å². The van der Waals surface area contributed by atoms with Crippen LogP contribution in [0.4, 0.5) is 5.69 Å². The van der Waals surface area contributed by atoms with Crippen molar-refractivity contribution in [3.63, 3.8) is 0 Å².